The van der Waals surface area contributed by atoms with Crippen molar-refractivity contribution in [2.45, 2.75) is 45.7 Å². The van der Waals surface area contributed by atoms with E-state index in [0.717, 1.165) is 16.0 Å². The maximum absolute atomic E-state index is 5.98. The van der Waals surface area contributed by atoms with E-state index in [1.165, 1.54) is 24.8 Å². The third-order valence-corrected chi connectivity index (χ3v) is 3.73. The average Bonchev–Trinajstić information content (AvgIpc) is 2.28. The van der Waals surface area contributed by atoms with Crippen LogP contribution in [0.4, 0.5) is 0 Å². The third-order valence-electron chi connectivity index (χ3n) is 2.72. The van der Waals surface area contributed by atoms with Crippen molar-refractivity contribution in [2.24, 2.45) is 0 Å². The van der Waals surface area contributed by atoms with Gasteiger partial charge in [0.1, 0.15) is 0 Å². The Morgan fingerprint density at radius 2 is 2.12 bits per heavy atom. The Kier molecular flexibility index (Phi) is 6.40. The molecule has 0 aromatic heterocycles. The minimum atomic E-state index is 0.607. The minimum Gasteiger partial charge on any atom is -0.310 e. The lowest BCUT2D eigenvalue weighted by molar-refractivity contribution is 0.462. The molecule has 0 spiro atoms. The molecule has 0 aliphatic rings. The number of nitrogens with one attached hydrogen (secondary N) is 1. The van der Waals surface area contributed by atoms with Crippen LogP contribution in [-0.2, 0) is 6.54 Å². The number of hydrogen-bond acceptors (Lipinski definition) is 1. The molecule has 16 heavy (non-hydrogen) atoms. The topological polar surface area (TPSA) is 12.0 Å². The Labute approximate surface area is 112 Å². The van der Waals surface area contributed by atoms with Crippen LogP contribution < -0.4 is 5.32 Å². The molecule has 1 rings (SSSR count). The molecule has 1 unspecified atom stereocenters. The van der Waals surface area contributed by atoms with Crippen LogP contribution in [0.3, 0.4) is 0 Å². The van der Waals surface area contributed by atoms with E-state index in [2.05, 4.69) is 35.1 Å². The van der Waals surface area contributed by atoms with Gasteiger partial charge < -0.3 is 5.32 Å². The smallest absolute Gasteiger partial charge is 0.0410 e. The molecule has 90 valence electrons. The van der Waals surface area contributed by atoms with Crippen LogP contribution in [0.1, 0.15) is 38.7 Å². The highest BCUT2D eigenvalue weighted by molar-refractivity contribution is 9.10. The number of hydrogen-bond donors (Lipinski definition) is 1. The summed E-state index contributed by atoms with van der Waals surface area (Å²) in [6.45, 7) is 5.32. The van der Waals surface area contributed by atoms with E-state index in [9.17, 15) is 0 Å². The highest BCUT2D eigenvalue weighted by atomic mass is 79.9. The first kappa shape index (κ1) is 14.0. The molecule has 0 fully saturated rings. The van der Waals surface area contributed by atoms with Gasteiger partial charge in [-0.1, -0.05) is 47.8 Å². The zero-order valence-corrected chi connectivity index (χ0v) is 12.2. The van der Waals surface area contributed by atoms with Gasteiger partial charge in [0.05, 0.1) is 0 Å². The van der Waals surface area contributed by atoms with E-state index in [-0.39, 0.29) is 0 Å². The predicted molar refractivity (Wildman–Crippen MR) is 75.0 cm³/mol. The molecule has 1 aromatic carbocycles. The van der Waals surface area contributed by atoms with Crippen molar-refractivity contribution in [3.05, 3.63) is 33.3 Å². The summed E-state index contributed by atoms with van der Waals surface area (Å²) in [4.78, 5) is 0. The number of benzene rings is 1. The van der Waals surface area contributed by atoms with Crippen molar-refractivity contribution < 1.29 is 0 Å². The zero-order valence-electron chi connectivity index (χ0n) is 9.89. The molecule has 1 atom stereocenters. The average molecular weight is 305 g/mol. The van der Waals surface area contributed by atoms with Crippen LogP contribution in [0, 0.1) is 0 Å². The van der Waals surface area contributed by atoms with Crippen LogP contribution in [0.2, 0.25) is 5.02 Å². The van der Waals surface area contributed by atoms with Crippen LogP contribution in [0.15, 0.2) is 22.7 Å². The Hall–Kier alpha value is -0.0500. The highest BCUT2D eigenvalue weighted by Crippen LogP contribution is 2.21. The van der Waals surface area contributed by atoms with Gasteiger partial charge in [0.25, 0.3) is 0 Å². The Bertz CT molecular complexity index is 328. The molecule has 1 aromatic rings. The van der Waals surface area contributed by atoms with Crippen molar-refractivity contribution in [3.8, 4) is 0 Å². The maximum Gasteiger partial charge on any atom is 0.0410 e. The lowest BCUT2D eigenvalue weighted by Gasteiger charge is -2.16. The molecule has 0 aliphatic carbocycles. The molecule has 0 saturated carbocycles. The van der Waals surface area contributed by atoms with E-state index in [4.69, 9.17) is 11.6 Å². The summed E-state index contributed by atoms with van der Waals surface area (Å²) in [5, 5.41) is 4.36. The lowest BCUT2D eigenvalue weighted by atomic mass is 10.1. The molecular weight excluding hydrogens is 286 g/mol. The predicted octanol–water partition coefficient (Wildman–Crippen LogP) is 4.77. The van der Waals surface area contributed by atoms with Crippen LogP contribution in [0.5, 0.6) is 0 Å². The molecule has 0 saturated heterocycles. The first-order chi connectivity index (χ1) is 7.67. The van der Waals surface area contributed by atoms with Crippen LogP contribution >= 0.6 is 27.5 Å². The Morgan fingerprint density at radius 1 is 1.38 bits per heavy atom. The van der Waals surface area contributed by atoms with Gasteiger partial charge in [-0.15, -0.1) is 0 Å². The first-order valence-corrected chi connectivity index (χ1v) is 7.01. The number of halogens is 2. The minimum absolute atomic E-state index is 0.607. The van der Waals surface area contributed by atoms with Gasteiger partial charge in [-0.2, -0.15) is 0 Å². The van der Waals surface area contributed by atoms with Crippen molar-refractivity contribution in [1.29, 1.82) is 0 Å². The second-order valence-electron chi connectivity index (χ2n) is 4.01. The van der Waals surface area contributed by atoms with Gasteiger partial charge >= 0.3 is 0 Å². The summed E-state index contributed by atoms with van der Waals surface area (Å²) < 4.78 is 1.12. The SMILES string of the molecule is CCCC(CC)NCc1cc(Cl)ccc1Br. The zero-order chi connectivity index (χ0) is 12.0. The van der Waals surface area contributed by atoms with E-state index in [0.29, 0.717) is 6.04 Å². The molecule has 1 N–H and O–H groups in total. The van der Waals surface area contributed by atoms with Crippen LogP contribution in [-0.4, -0.2) is 6.04 Å². The van der Waals surface area contributed by atoms with E-state index < -0.39 is 0 Å². The van der Waals surface area contributed by atoms with E-state index in [1.54, 1.807) is 0 Å². The lowest BCUT2D eigenvalue weighted by Crippen LogP contribution is -2.27. The van der Waals surface area contributed by atoms with Gasteiger partial charge in [0.2, 0.25) is 0 Å². The maximum atomic E-state index is 5.98. The van der Waals surface area contributed by atoms with Crippen molar-refractivity contribution in [1.82, 2.24) is 5.32 Å². The molecule has 1 nitrogen and oxygen atoms in total. The molecule has 0 amide bonds. The fraction of sp³-hybridized carbons (Fsp3) is 0.538. The van der Waals surface area contributed by atoms with Crippen molar-refractivity contribution in [3.63, 3.8) is 0 Å². The van der Waals surface area contributed by atoms with Gasteiger partial charge in [-0.05, 0) is 36.6 Å². The molecule has 0 bridgehead atoms. The monoisotopic (exact) mass is 303 g/mol. The van der Waals surface area contributed by atoms with Crippen molar-refractivity contribution >= 4 is 27.5 Å². The fourth-order valence-electron chi connectivity index (χ4n) is 1.73. The second-order valence-corrected chi connectivity index (χ2v) is 5.30. The van der Waals surface area contributed by atoms with Gasteiger partial charge in [-0.25, -0.2) is 0 Å². The summed E-state index contributed by atoms with van der Waals surface area (Å²) in [7, 11) is 0. The van der Waals surface area contributed by atoms with Crippen LogP contribution in [0.25, 0.3) is 0 Å². The normalized spacial score (nSPS) is 12.8. The summed E-state index contributed by atoms with van der Waals surface area (Å²) in [6.07, 6.45) is 3.63. The van der Waals surface area contributed by atoms with Gasteiger partial charge in [0.15, 0.2) is 0 Å². The van der Waals surface area contributed by atoms with E-state index in [1.807, 2.05) is 18.2 Å². The Morgan fingerprint density at radius 3 is 2.75 bits per heavy atom. The molecule has 0 aliphatic heterocycles. The van der Waals surface area contributed by atoms with E-state index >= 15 is 0 Å². The quantitative estimate of drug-likeness (QED) is 0.798. The Balaban J connectivity index is 2.55. The molecular formula is C13H19BrClN. The first-order valence-electron chi connectivity index (χ1n) is 5.84. The van der Waals surface area contributed by atoms with Crippen molar-refractivity contribution in [2.75, 3.05) is 0 Å². The second kappa shape index (κ2) is 7.31. The van der Waals surface area contributed by atoms with Gasteiger partial charge in [-0.3, -0.25) is 0 Å². The third kappa shape index (κ3) is 4.44. The standard InChI is InChI=1S/C13H19BrClN/c1-3-5-12(4-2)16-9-10-8-11(15)6-7-13(10)14/h6-8,12,16H,3-5,9H2,1-2H3. The highest BCUT2D eigenvalue weighted by Gasteiger charge is 2.06. The molecule has 0 heterocycles. The summed E-state index contributed by atoms with van der Waals surface area (Å²) in [5.74, 6) is 0. The summed E-state index contributed by atoms with van der Waals surface area (Å²) in [6, 6.07) is 6.52. The van der Waals surface area contributed by atoms with Gasteiger partial charge in [0, 0.05) is 22.1 Å². The fourth-order valence-corrected chi connectivity index (χ4v) is 2.31. The molecule has 3 heteroatoms. The molecule has 0 radical (unpaired) electrons. The summed E-state index contributed by atoms with van der Waals surface area (Å²) in [5.41, 5.74) is 1.22. The largest absolute Gasteiger partial charge is 0.310 e. The number of rotatable bonds is 6. The summed E-state index contributed by atoms with van der Waals surface area (Å²) >= 11 is 9.52.